The number of hydrogen-bond acceptors (Lipinski definition) is 7. The van der Waals surface area contributed by atoms with Gasteiger partial charge in [-0.1, -0.05) is 25.4 Å². The molecule has 39 heavy (non-hydrogen) atoms. The van der Waals surface area contributed by atoms with E-state index in [9.17, 15) is 27.9 Å². The zero-order valence-corrected chi connectivity index (χ0v) is 21.8. The molecule has 0 fully saturated rings. The molecule has 0 saturated carbocycles. The molecule has 10 nitrogen and oxygen atoms in total. The molecule has 1 N–H and O–H groups in total. The summed E-state index contributed by atoms with van der Waals surface area (Å²) in [5, 5.41) is 18.6. The Morgan fingerprint density at radius 2 is 1.85 bits per heavy atom. The van der Waals surface area contributed by atoms with Crippen LogP contribution in [0.4, 0.5) is 13.2 Å². The van der Waals surface area contributed by atoms with Gasteiger partial charge < -0.3 is 5.11 Å². The molecule has 206 valence electrons. The quantitative estimate of drug-likeness (QED) is 0.314. The molecule has 3 heterocycles. The summed E-state index contributed by atoms with van der Waals surface area (Å²) in [6.07, 6.45) is -3.95. The first-order chi connectivity index (χ1) is 18.5. The SMILES string of the molecule is CC[C@@H](C)C(=O)Cc1ncccc1-n1cnc(Cn2nc(-c3ccc(Cl)cc3)n(C[C@H](O)C(F)(F)F)c2=O)n1. The number of Topliss-reactive ketones (excluding diaryl/α,β-unsaturated/α-hetero) is 1. The number of rotatable bonds is 10. The standard InChI is InChI=1S/C25H25ClF3N7O3/c1-3-15(2)20(37)11-18-19(5-4-10-30-18)36-14-31-22(32-36)13-35-24(39)34(12-21(38)25(27,28)29)23(33-35)16-6-8-17(26)9-7-16/h4-10,14-15,21,38H,3,11-13H2,1-2H3/t15-,21+/m1/s1. The van der Waals surface area contributed by atoms with Crippen LogP contribution in [0.3, 0.4) is 0 Å². The first-order valence-electron chi connectivity index (χ1n) is 12.0. The Labute approximate surface area is 225 Å². The van der Waals surface area contributed by atoms with Crippen LogP contribution in [-0.2, 0) is 24.3 Å². The van der Waals surface area contributed by atoms with Gasteiger partial charge in [-0.25, -0.2) is 19.1 Å². The highest BCUT2D eigenvalue weighted by molar-refractivity contribution is 6.30. The van der Waals surface area contributed by atoms with Gasteiger partial charge >= 0.3 is 11.9 Å². The van der Waals surface area contributed by atoms with Gasteiger partial charge in [-0.05, 0) is 42.8 Å². The Morgan fingerprint density at radius 3 is 2.51 bits per heavy atom. The van der Waals surface area contributed by atoms with Gasteiger partial charge in [0.2, 0.25) is 0 Å². The predicted molar refractivity (Wildman–Crippen MR) is 135 cm³/mol. The van der Waals surface area contributed by atoms with E-state index in [1.165, 1.54) is 35.3 Å². The molecule has 0 aliphatic carbocycles. The zero-order chi connectivity index (χ0) is 28.3. The van der Waals surface area contributed by atoms with E-state index in [1.807, 2.05) is 13.8 Å². The van der Waals surface area contributed by atoms with Crippen molar-refractivity contribution in [2.24, 2.45) is 5.92 Å². The lowest BCUT2D eigenvalue weighted by Gasteiger charge is -2.15. The van der Waals surface area contributed by atoms with Gasteiger partial charge in [0, 0.05) is 22.7 Å². The van der Waals surface area contributed by atoms with Gasteiger partial charge in [0.05, 0.1) is 24.3 Å². The fourth-order valence-corrected chi connectivity index (χ4v) is 3.88. The molecular formula is C25H25ClF3N7O3. The molecule has 14 heteroatoms. The second-order valence-electron chi connectivity index (χ2n) is 8.97. The third-order valence-corrected chi connectivity index (χ3v) is 6.46. The highest BCUT2D eigenvalue weighted by Crippen LogP contribution is 2.24. The molecule has 0 unspecified atom stereocenters. The largest absolute Gasteiger partial charge is 0.416 e. The summed E-state index contributed by atoms with van der Waals surface area (Å²) in [7, 11) is 0. The molecule has 4 rings (SSSR count). The average molecular weight is 564 g/mol. The smallest absolute Gasteiger partial charge is 0.382 e. The fraction of sp³-hybridized carbons (Fsp3) is 0.360. The molecule has 4 aromatic rings. The van der Waals surface area contributed by atoms with Crippen LogP contribution >= 0.6 is 11.6 Å². The van der Waals surface area contributed by atoms with Gasteiger partial charge in [-0.2, -0.15) is 13.2 Å². The van der Waals surface area contributed by atoms with Crippen LogP contribution in [0.5, 0.6) is 0 Å². The fourth-order valence-electron chi connectivity index (χ4n) is 3.76. The number of aromatic nitrogens is 7. The Morgan fingerprint density at radius 1 is 1.13 bits per heavy atom. The van der Waals surface area contributed by atoms with Crippen LogP contribution in [0.2, 0.25) is 5.02 Å². The van der Waals surface area contributed by atoms with E-state index < -0.39 is 24.5 Å². The third kappa shape index (κ3) is 6.42. The summed E-state index contributed by atoms with van der Waals surface area (Å²) < 4.78 is 42.3. The third-order valence-electron chi connectivity index (χ3n) is 6.21. The molecule has 2 atom stereocenters. The van der Waals surface area contributed by atoms with E-state index >= 15 is 0 Å². The van der Waals surface area contributed by atoms with Gasteiger partial charge in [-0.3, -0.25) is 14.3 Å². The number of benzene rings is 1. The minimum absolute atomic E-state index is 0.0330. The number of aliphatic hydroxyl groups excluding tert-OH is 1. The number of pyridine rings is 1. The van der Waals surface area contributed by atoms with E-state index in [1.54, 1.807) is 18.3 Å². The van der Waals surface area contributed by atoms with Crippen LogP contribution in [0, 0.1) is 5.92 Å². The second kappa shape index (κ2) is 11.5. The lowest BCUT2D eigenvalue weighted by atomic mass is 9.99. The number of hydrogen-bond donors (Lipinski definition) is 1. The van der Waals surface area contributed by atoms with E-state index in [2.05, 4.69) is 20.2 Å². The van der Waals surface area contributed by atoms with Crippen molar-refractivity contribution in [3.8, 4) is 17.1 Å². The minimum Gasteiger partial charge on any atom is -0.382 e. The van der Waals surface area contributed by atoms with Crippen molar-refractivity contribution in [1.82, 2.24) is 34.1 Å². The summed E-state index contributed by atoms with van der Waals surface area (Å²) >= 11 is 5.92. The average Bonchev–Trinajstić information content (AvgIpc) is 3.49. The summed E-state index contributed by atoms with van der Waals surface area (Å²) in [4.78, 5) is 34.1. The first-order valence-corrected chi connectivity index (χ1v) is 12.4. The Kier molecular flexibility index (Phi) is 8.31. The number of halogens is 4. The predicted octanol–water partition coefficient (Wildman–Crippen LogP) is 3.47. The van der Waals surface area contributed by atoms with Crippen molar-refractivity contribution in [3.05, 3.63) is 75.9 Å². The molecule has 3 aromatic heterocycles. The summed E-state index contributed by atoms with van der Waals surface area (Å²) in [6.45, 7) is 2.47. The lowest BCUT2D eigenvalue weighted by Crippen LogP contribution is -2.37. The highest BCUT2D eigenvalue weighted by Gasteiger charge is 2.39. The molecule has 0 aliphatic rings. The van der Waals surface area contributed by atoms with E-state index in [0.29, 0.717) is 28.4 Å². The monoisotopic (exact) mass is 563 g/mol. The highest BCUT2D eigenvalue weighted by atomic mass is 35.5. The van der Waals surface area contributed by atoms with Gasteiger partial charge in [0.15, 0.2) is 17.8 Å². The lowest BCUT2D eigenvalue weighted by molar-refractivity contribution is -0.207. The number of carbonyl (C=O) groups is 1. The number of carbonyl (C=O) groups excluding carboxylic acids is 1. The summed E-state index contributed by atoms with van der Waals surface area (Å²) in [6, 6.07) is 9.43. The van der Waals surface area contributed by atoms with Crippen molar-refractivity contribution in [1.29, 1.82) is 0 Å². The van der Waals surface area contributed by atoms with Crippen molar-refractivity contribution >= 4 is 17.4 Å². The van der Waals surface area contributed by atoms with E-state index in [0.717, 1.165) is 9.25 Å². The van der Waals surface area contributed by atoms with Gasteiger partial charge in [0.1, 0.15) is 18.7 Å². The van der Waals surface area contributed by atoms with Crippen molar-refractivity contribution < 1.29 is 23.1 Å². The summed E-state index contributed by atoms with van der Waals surface area (Å²) in [5.74, 6) is -0.0363. The molecule has 0 radical (unpaired) electrons. The first kappa shape index (κ1) is 28.2. The van der Waals surface area contributed by atoms with Crippen LogP contribution < -0.4 is 5.69 Å². The molecule has 0 amide bonds. The number of nitrogens with zero attached hydrogens (tertiary/aromatic N) is 7. The number of ketones is 1. The second-order valence-corrected chi connectivity index (χ2v) is 9.40. The Hall–Kier alpha value is -3.84. The molecular weight excluding hydrogens is 539 g/mol. The maximum Gasteiger partial charge on any atom is 0.416 e. The maximum atomic E-state index is 13.1. The normalized spacial score (nSPS) is 13.4. The van der Waals surface area contributed by atoms with Crippen LogP contribution in [0.25, 0.3) is 17.1 Å². The Bertz CT molecular complexity index is 1510. The van der Waals surface area contributed by atoms with Crippen molar-refractivity contribution in [2.75, 3.05) is 0 Å². The number of alkyl halides is 3. The topological polar surface area (TPSA) is 121 Å². The Balaban J connectivity index is 1.66. The molecule has 0 aliphatic heterocycles. The molecule has 1 aromatic carbocycles. The van der Waals surface area contributed by atoms with Gasteiger partial charge in [0.25, 0.3) is 0 Å². The van der Waals surface area contributed by atoms with Crippen LogP contribution in [-0.4, -0.2) is 57.3 Å². The minimum atomic E-state index is -4.93. The van der Waals surface area contributed by atoms with Crippen LogP contribution in [0.15, 0.2) is 53.7 Å². The number of aliphatic hydroxyl groups is 1. The zero-order valence-electron chi connectivity index (χ0n) is 21.0. The summed E-state index contributed by atoms with van der Waals surface area (Å²) in [5.41, 5.74) is 0.475. The molecule has 0 spiro atoms. The van der Waals surface area contributed by atoms with E-state index in [4.69, 9.17) is 11.6 Å². The van der Waals surface area contributed by atoms with E-state index in [-0.39, 0.29) is 36.3 Å². The molecule has 0 bridgehead atoms. The van der Waals surface area contributed by atoms with Crippen molar-refractivity contribution in [3.63, 3.8) is 0 Å². The van der Waals surface area contributed by atoms with Crippen molar-refractivity contribution in [2.45, 2.75) is 52.1 Å². The molecule has 0 saturated heterocycles. The maximum absolute atomic E-state index is 13.1. The van der Waals surface area contributed by atoms with Gasteiger partial charge in [-0.15, -0.1) is 10.2 Å². The van der Waals surface area contributed by atoms with Crippen LogP contribution in [0.1, 0.15) is 31.8 Å².